The fraction of sp³-hybridized carbons (Fsp3) is 0. The van der Waals surface area contributed by atoms with Crippen molar-refractivity contribution in [2.75, 3.05) is 0 Å². The van der Waals surface area contributed by atoms with Crippen LogP contribution in [0.1, 0.15) is 0 Å². The highest BCUT2D eigenvalue weighted by atomic mass is 16.3. The first-order chi connectivity index (χ1) is 32.1. The summed E-state index contributed by atoms with van der Waals surface area (Å²) in [5.74, 6) is 0.164. The van der Waals surface area contributed by atoms with E-state index >= 15 is 0 Å². The van der Waals surface area contributed by atoms with E-state index in [1.807, 2.05) is 70.3 Å². The Morgan fingerprint density at radius 3 is 1.20 bits per heavy atom. The molecule has 0 aliphatic heterocycles. The lowest BCUT2D eigenvalue weighted by Crippen LogP contribution is -1.95. The molecule has 1 N–H and O–H groups in total. The number of benzene rings is 8. The molecule has 0 saturated heterocycles. The normalized spacial score (nSPS) is 11.1. The second-order valence-corrected chi connectivity index (χ2v) is 16.0. The number of hydrogen-bond acceptors (Lipinski definition) is 4. The van der Waals surface area contributed by atoms with E-state index in [1.54, 1.807) is 24.7 Å². The van der Waals surface area contributed by atoms with Crippen molar-refractivity contribution >= 4 is 0 Å². The molecule has 6 heteroatoms. The molecule has 65 heavy (non-hydrogen) atoms. The lowest BCUT2D eigenvalue weighted by molar-refractivity contribution is 0.477. The van der Waals surface area contributed by atoms with Crippen molar-refractivity contribution in [3.63, 3.8) is 0 Å². The topological polar surface area (TPSA) is 68.8 Å². The van der Waals surface area contributed by atoms with E-state index in [-0.39, 0.29) is 5.75 Å². The maximum atomic E-state index is 11.9. The summed E-state index contributed by atoms with van der Waals surface area (Å²) in [5, 5.41) is 20.7. The summed E-state index contributed by atoms with van der Waals surface area (Å²) in [5.41, 5.74) is 18.2. The monoisotopic (exact) mass is 835 g/mol. The van der Waals surface area contributed by atoms with Crippen LogP contribution < -0.4 is 0 Å². The lowest BCUT2D eigenvalue weighted by atomic mass is 9.86. The van der Waals surface area contributed by atoms with Crippen molar-refractivity contribution in [1.29, 1.82) is 0 Å². The summed E-state index contributed by atoms with van der Waals surface area (Å²) in [7, 11) is 0. The molecule has 3 heterocycles. The van der Waals surface area contributed by atoms with Crippen LogP contribution in [0, 0.1) is 0 Å². The molecule has 0 radical (unpaired) electrons. The fourth-order valence-electron chi connectivity index (χ4n) is 8.77. The van der Waals surface area contributed by atoms with Gasteiger partial charge in [-0.15, -0.1) is 0 Å². The number of hydrogen-bond donors (Lipinski definition) is 1. The van der Waals surface area contributed by atoms with Gasteiger partial charge >= 0.3 is 0 Å². The molecule has 0 atom stereocenters. The van der Waals surface area contributed by atoms with Crippen molar-refractivity contribution < 1.29 is 5.11 Å². The Labute approximate surface area is 377 Å². The Morgan fingerprint density at radius 1 is 0.308 bits per heavy atom. The Bertz CT molecular complexity index is 3270. The van der Waals surface area contributed by atoms with Crippen molar-refractivity contribution in [2.24, 2.45) is 0 Å². The number of pyridine rings is 1. The summed E-state index contributed by atoms with van der Waals surface area (Å²) in [6.07, 6.45) is 9.29. The molecule has 11 aromatic rings. The molecule has 0 aliphatic carbocycles. The second kappa shape index (κ2) is 17.1. The van der Waals surface area contributed by atoms with Crippen LogP contribution in [0.15, 0.2) is 243 Å². The van der Waals surface area contributed by atoms with Crippen molar-refractivity contribution in [3.05, 3.63) is 243 Å². The summed E-state index contributed by atoms with van der Waals surface area (Å²) in [6, 6.07) is 73.6. The molecule has 0 fully saturated rings. The van der Waals surface area contributed by atoms with Gasteiger partial charge in [-0.3, -0.25) is 4.98 Å². The molecule has 0 unspecified atom stereocenters. The van der Waals surface area contributed by atoms with E-state index in [9.17, 15) is 5.11 Å². The van der Waals surface area contributed by atoms with Crippen molar-refractivity contribution in [2.45, 2.75) is 0 Å². The molecule has 0 spiro atoms. The van der Waals surface area contributed by atoms with Gasteiger partial charge in [-0.05, 0) is 133 Å². The molecule has 308 valence electrons. The SMILES string of the molecule is Oc1cc(-c2cccc(-c3ccccc3)c2)ncc1-c1ccccc1-c1cc(-c2ccccc2-c2ccc(-n3cccn3)cc2)cc(-c2ccccc2-c2ccc(-n3cccn3)cc2)c1. The largest absolute Gasteiger partial charge is 0.507 e. The van der Waals surface area contributed by atoms with Crippen molar-refractivity contribution in [3.8, 4) is 106 Å². The zero-order chi connectivity index (χ0) is 43.5. The Kier molecular flexibility index (Phi) is 10.3. The van der Waals surface area contributed by atoms with Gasteiger partial charge in [0.15, 0.2) is 0 Å². The average Bonchev–Trinajstić information content (AvgIpc) is 4.14. The maximum Gasteiger partial charge on any atom is 0.127 e. The molecular formula is C59H41N5O. The van der Waals surface area contributed by atoms with Gasteiger partial charge in [0.2, 0.25) is 0 Å². The summed E-state index contributed by atoms with van der Waals surface area (Å²) in [6.45, 7) is 0. The predicted octanol–water partition coefficient (Wildman–Crippen LogP) is 14.5. The van der Waals surface area contributed by atoms with Crippen LogP contribution in [0.25, 0.3) is 101 Å². The molecular weight excluding hydrogens is 795 g/mol. The third kappa shape index (κ3) is 7.81. The first-order valence-corrected chi connectivity index (χ1v) is 21.6. The Balaban J connectivity index is 1.04. The van der Waals surface area contributed by atoms with Crippen LogP contribution in [0.5, 0.6) is 5.75 Å². The zero-order valence-electron chi connectivity index (χ0n) is 35.3. The lowest BCUT2D eigenvalue weighted by Gasteiger charge is -2.18. The van der Waals surface area contributed by atoms with E-state index in [1.165, 1.54) is 0 Å². The van der Waals surface area contributed by atoms with Crippen LogP contribution in [0.4, 0.5) is 0 Å². The fourth-order valence-corrected chi connectivity index (χ4v) is 8.77. The summed E-state index contributed by atoms with van der Waals surface area (Å²) < 4.78 is 3.74. The number of aromatic hydroxyl groups is 1. The molecule has 0 amide bonds. The number of aromatic nitrogens is 5. The molecule has 11 rings (SSSR count). The zero-order valence-corrected chi connectivity index (χ0v) is 35.3. The quantitative estimate of drug-likeness (QED) is 0.149. The van der Waals surface area contributed by atoms with E-state index in [0.717, 1.165) is 89.3 Å². The van der Waals surface area contributed by atoms with Gasteiger partial charge in [0.05, 0.1) is 17.1 Å². The average molecular weight is 836 g/mol. The Morgan fingerprint density at radius 2 is 0.723 bits per heavy atom. The predicted molar refractivity (Wildman–Crippen MR) is 264 cm³/mol. The van der Waals surface area contributed by atoms with Crippen molar-refractivity contribution in [1.82, 2.24) is 24.5 Å². The standard InChI is InChI=1S/C59H41N5O/c65-59-39-58(45-16-10-15-44(35-45)41-13-2-1-3-14-41)60-40-57(59)56-22-9-8-21-55(56)48-37-46(53-19-6-4-17-51(53)42-23-27-49(28-24-42)63-33-11-31-61-63)36-47(38-48)54-20-7-5-18-52(54)43-25-29-50(30-26-43)64-34-12-32-62-64/h1-40H,(H,60,65). The first-order valence-electron chi connectivity index (χ1n) is 21.6. The van der Waals surface area contributed by atoms with Gasteiger partial charge in [-0.25, -0.2) is 9.36 Å². The second-order valence-electron chi connectivity index (χ2n) is 16.0. The molecule has 0 bridgehead atoms. The minimum Gasteiger partial charge on any atom is -0.507 e. The highest BCUT2D eigenvalue weighted by Crippen LogP contribution is 2.44. The first kappa shape index (κ1) is 39.0. The van der Waals surface area contributed by atoms with Crippen LogP contribution in [0.2, 0.25) is 0 Å². The van der Waals surface area contributed by atoms with Gasteiger partial charge in [0.1, 0.15) is 5.75 Å². The van der Waals surface area contributed by atoms with Gasteiger partial charge in [0, 0.05) is 48.2 Å². The van der Waals surface area contributed by atoms with Gasteiger partial charge < -0.3 is 5.11 Å². The van der Waals surface area contributed by atoms with Gasteiger partial charge in [-0.1, -0.05) is 146 Å². The molecule has 8 aromatic carbocycles. The molecule has 0 aliphatic rings. The van der Waals surface area contributed by atoms with E-state index in [0.29, 0.717) is 11.3 Å². The van der Waals surface area contributed by atoms with Crippen LogP contribution >= 0.6 is 0 Å². The van der Waals surface area contributed by atoms with E-state index < -0.39 is 0 Å². The number of nitrogens with zero attached hydrogens (tertiary/aromatic N) is 5. The van der Waals surface area contributed by atoms with E-state index in [2.05, 4.69) is 168 Å². The highest BCUT2D eigenvalue weighted by molar-refractivity contribution is 5.95. The molecule has 6 nitrogen and oxygen atoms in total. The maximum absolute atomic E-state index is 11.9. The molecule has 3 aromatic heterocycles. The summed E-state index contributed by atoms with van der Waals surface area (Å²) >= 11 is 0. The van der Waals surface area contributed by atoms with Crippen LogP contribution in [-0.2, 0) is 0 Å². The van der Waals surface area contributed by atoms with Gasteiger partial charge in [0.25, 0.3) is 0 Å². The highest BCUT2D eigenvalue weighted by Gasteiger charge is 2.18. The van der Waals surface area contributed by atoms with E-state index in [4.69, 9.17) is 4.98 Å². The third-order valence-corrected chi connectivity index (χ3v) is 12.0. The van der Waals surface area contributed by atoms with Crippen LogP contribution in [0.3, 0.4) is 0 Å². The van der Waals surface area contributed by atoms with Crippen LogP contribution in [-0.4, -0.2) is 29.7 Å². The Hall–Kier alpha value is -8.87. The number of rotatable bonds is 10. The third-order valence-electron chi connectivity index (χ3n) is 12.0. The molecule has 0 saturated carbocycles. The van der Waals surface area contributed by atoms with Gasteiger partial charge in [-0.2, -0.15) is 10.2 Å². The minimum atomic E-state index is 0.164. The minimum absolute atomic E-state index is 0.164. The summed E-state index contributed by atoms with van der Waals surface area (Å²) in [4.78, 5) is 4.95. The smallest absolute Gasteiger partial charge is 0.127 e.